The fourth-order valence-electron chi connectivity index (χ4n) is 3.55. The normalized spacial score (nSPS) is 10.9. The summed E-state index contributed by atoms with van der Waals surface area (Å²) >= 11 is 0. The predicted octanol–water partition coefficient (Wildman–Crippen LogP) is 6.74. The minimum absolute atomic E-state index is 0.119. The predicted molar refractivity (Wildman–Crippen MR) is 137 cm³/mol. The van der Waals surface area contributed by atoms with Crippen LogP contribution < -0.4 is 9.47 Å². The lowest BCUT2D eigenvalue weighted by Gasteiger charge is -2.08. The number of hydrogen-bond donors (Lipinski definition) is 0. The number of carbonyl (C=O) groups is 1. The summed E-state index contributed by atoms with van der Waals surface area (Å²) in [5, 5.41) is 0. The molecule has 1 aromatic rings. The smallest absolute Gasteiger partial charge is 0.305 e. The number of benzene rings is 1. The number of hydrogen-bond acceptors (Lipinski definition) is 6. The van der Waals surface area contributed by atoms with E-state index >= 15 is 0 Å². The molecule has 6 heteroatoms. The topological polar surface area (TPSA) is 63.2 Å². The number of esters is 1. The van der Waals surface area contributed by atoms with E-state index in [0.717, 1.165) is 50.4 Å². The minimum Gasteiger partial charge on any atom is -0.497 e. The molecule has 34 heavy (non-hydrogen) atoms. The molecule has 0 bridgehead atoms. The van der Waals surface area contributed by atoms with E-state index in [9.17, 15) is 4.79 Å². The van der Waals surface area contributed by atoms with Crippen molar-refractivity contribution in [2.75, 3.05) is 46.8 Å². The summed E-state index contributed by atoms with van der Waals surface area (Å²) in [7, 11) is 1.66. The average molecular weight is 481 g/mol. The van der Waals surface area contributed by atoms with Gasteiger partial charge in [0.15, 0.2) is 0 Å². The third-order valence-corrected chi connectivity index (χ3v) is 5.59. The first-order valence-electron chi connectivity index (χ1n) is 13.3. The first-order valence-corrected chi connectivity index (χ1v) is 13.3. The molecule has 0 saturated carbocycles. The van der Waals surface area contributed by atoms with Crippen molar-refractivity contribution in [2.45, 2.75) is 90.4 Å². The van der Waals surface area contributed by atoms with Crippen molar-refractivity contribution >= 4 is 5.97 Å². The molecule has 0 fully saturated rings. The molecule has 0 aliphatic carbocycles. The molecule has 0 unspecified atom stereocenters. The van der Waals surface area contributed by atoms with E-state index in [1.54, 1.807) is 7.11 Å². The van der Waals surface area contributed by atoms with Crippen molar-refractivity contribution in [3.63, 3.8) is 0 Å². The summed E-state index contributed by atoms with van der Waals surface area (Å²) in [4.78, 5) is 11.8. The number of unbranched alkanes of at least 4 members (excludes halogenated alkanes) is 10. The zero-order valence-electron chi connectivity index (χ0n) is 21.7. The van der Waals surface area contributed by atoms with Gasteiger partial charge in [-0.25, -0.2) is 0 Å². The summed E-state index contributed by atoms with van der Waals surface area (Å²) in [6.07, 6.45) is 14.5. The quantitative estimate of drug-likeness (QED) is 0.121. The fraction of sp³-hybridized carbons (Fsp3) is 0.750. The molecule has 0 amide bonds. The van der Waals surface area contributed by atoms with Crippen LogP contribution in [0.4, 0.5) is 0 Å². The Morgan fingerprint density at radius 1 is 0.676 bits per heavy atom. The maximum Gasteiger partial charge on any atom is 0.305 e. The average Bonchev–Trinajstić information content (AvgIpc) is 2.86. The molecule has 0 atom stereocenters. The first-order chi connectivity index (χ1) is 16.8. The Labute approximate surface area is 207 Å². The van der Waals surface area contributed by atoms with Gasteiger partial charge >= 0.3 is 5.97 Å². The van der Waals surface area contributed by atoms with Crippen molar-refractivity contribution in [3.8, 4) is 11.5 Å². The Kier molecular flexibility index (Phi) is 20.4. The van der Waals surface area contributed by atoms with Crippen LogP contribution in [0.15, 0.2) is 24.3 Å². The van der Waals surface area contributed by atoms with Gasteiger partial charge in [-0.1, -0.05) is 70.8 Å². The van der Waals surface area contributed by atoms with Gasteiger partial charge in [0.1, 0.15) is 18.1 Å². The van der Waals surface area contributed by atoms with E-state index in [1.807, 2.05) is 24.3 Å². The van der Waals surface area contributed by atoms with Crippen LogP contribution in [0, 0.1) is 0 Å². The highest BCUT2D eigenvalue weighted by atomic mass is 16.6. The number of rotatable bonds is 24. The van der Waals surface area contributed by atoms with Crippen LogP contribution in [0.25, 0.3) is 0 Å². The van der Waals surface area contributed by atoms with Crippen molar-refractivity contribution in [3.05, 3.63) is 24.3 Å². The van der Waals surface area contributed by atoms with Gasteiger partial charge in [-0.3, -0.25) is 4.79 Å². The van der Waals surface area contributed by atoms with Gasteiger partial charge in [0.2, 0.25) is 0 Å². The Morgan fingerprint density at radius 3 is 2.00 bits per heavy atom. The van der Waals surface area contributed by atoms with Gasteiger partial charge in [0, 0.05) is 19.1 Å². The molecule has 0 heterocycles. The van der Waals surface area contributed by atoms with Crippen molar-refractivity contribution in [2.24, 2.45) is 0 Å². The van der Waals surface area contributed by atoms with Crippen LogP contribution in [0.1, 0.15) is 90.4 Å². The Morgan fingerprint density at radius 2 is 1.26 bits per heavy atom. The molecule has 1 rings (SSSR count). The van der Waals surface area contributed by atoms with E-state index in [1.165, 1.54) is 51.4 Å². The lowest BCUT2D eigenvalue weighted by Crippen LogP contribution is -2.13. The van der Waals surface area contributed by atoms with Gasteiger partial charge in [0.05, 0.1) is 33.5 Å². The molecule has 0 N–H and O–H groups in total. The lowest BCUT2D eigenvalue weighted by molar-refractivity contribution is -0.145. The maximum absolute atomic E-state index is 11.8. The first kappa shape index (κ1) is 30.2. The molecule has 0 radical (unpaired) electrons. The summed E-state index contributed by atoms with van der Waals surface area (Å²) in [6.45, 7) is 5.68. The Hall–Kier alpha value is -1.79. The molecule has 196 valence electrons. The molecular formula is C28H48O6. The number of carbonyl (C=O) groups excluding carboxylic acids is 1. The van der Waals surface area contributed by atoms with Crippen molar-refractivity contribution < 1.29 is 28.5 Å². The van der Waals surface area contributed by atoms with Crippen molar-refractivity contribution in [1.29, 1.82) is 0 Å². The second kappa shape index (κ2) is 23.0. The monoisotopic (exact) mass is 480 g/mol. The molecule has 0 aromatic heterocycles. The van der Waals surface area contributed by atoms with Crippen LogP contribution in [0.3, 0.4) is 0 Å². The second-order valence-electron chi connectivity index (χ2n) is 8.61. The van der Waals surface area contributed by atoms with Crippen LogP contribution in [0.2, 0.25) is 0 Å². The maximum atomic E-state index is 11.8. The summed E-state index contributed by atoms with van der Waals surface area (Å²) in [5.41, 5.74) is 0. The van der Waals surface area contributed by atoms with E-state index in [-0.39, 0.29) is 5.97 Å². The van der Waals surface area contributed by atoms with E-state index in [4.69, 9.17) is 23.7 Å². The van der Waals surface area contributed by atoms with Gasteiger partial charge in [-0.2, -0.15) is 0 Å². The summed E-state index contributed by atoms with van der Waals surface area (Å²) in [6, 6.07) is 7.73. The number of ether oxygens (including phenoxy) is 5. The Balaban J connectivity index is 1.77. The van der Waals surface area contributed by atoms with E-state index in [0.29, 0.717) is 32.8 Å². The van der Waals surface area contributed by atoms with E-state index < -0.39 is 0 Å². The summed E-state index contributed by atoms with van der Waals surface area (Å²) < 4.78 is 27.1. The van der Waals surface area contributed by atoms with Gasteiger partial charge in [0.25, 0.3) is 0 Å². The standard InChI is InChI=1S/C28H48O6/c1-3-4-5-13-19-31-21-22-32-23-24-34-28(29)18-12-10-8-6-7-9-11-14-20-33-27-17-15-16-26(25-27)30-2/h15-17,25H,3-14,18-24H2,1-2H3. The molecule has 0 aliphatic heterocycles. The molecule has 0 spiro atoms. The van der Waals surface area contributed by atoms with Gasteiger partial charge in [-0.05, 0) is 31.4 Å². The minimum atomic E-state index is -0.119. The third-order valence-electron chi connectivity index (χ3n) is 5.59. The highest BCUT2D eigenvalue weighted by molar-refractivity contribution is 5.69. The Bertz CT molecular complexity index is 592. The fourth-order valence-corrected chi connectivity index (χ4v) is 3.55. The molecule has 0 saturated heterocycles. The zero-order valence-corrected chi connectivity index (χ0v) is 21.7. The highest BCUT2D eigenvalue weighted by Crippen LogP contribution is 2.19. The third kappa shape index (κ3) is 18.6. The van der Waals surface area contributed by atoms with E-state index in [2.05, 4.69) is 6.92 Å². The van der Waals surface area contributed by atoms with Crippen LogP contribution in [-0.2, 0) is 19.0 Å². The van der Waals surface area contributed by atoms with Crippen LogP contribution in [0.5, 0.6) is 11.5 Å². The van der Waals surface area contributed by atoms with Crippen LogP contribution in [-0.4, -0.2) is 52.7 Å². The molecular weight excluding hydrogens is 432 g/mol. The summed E-state index contributed by atoms with van der Waals surface area (Å²) in [5.74, 6) is 1.57. The largest absolute Gasteiger partial charge is 0.497 e. The van der Waals surface area contributed by atoms with Crippen LogP contribution >= 0.6 is 0 Å². The SMILES string of the molecule is CCCCCCOCCOCCOC(=O)CCCCCCCCCCOc1cccc(OC)c1. The highest BCUT2D eigenvalue weighted by Gasteiger charge is 2.03. The second-order valence-corrected chi connectivity index (χ2v) is 8.61. The molecule has 1 aromatic carbocycles. The van der Waals surface area contributed by atoms with Crippen molar-refractivity contribution in [1.82, 2.24) is 0 Å². The van der Waals surface area contributed by atoms with Gasteiger partial charge in [-0.15, -0.1) is 0 Å². The molecule has 6 nitrogen and oxygen atoms in total. The lowest BCUT2D eigenvalue weighted by atomic mass is 10.1. The number of methoxy groups -OCH3 is 1. The zero-order chi connectivity index (χ0) is 24.5. The molecule has 0 aliphatic rings. The van der Waals surface area contributed by atoms with Gasteiger partial charge < -0.3 is 23.7 Å².